The van der Waals surface area contributed by atoms with Crippen molar-refractivity contribution >= 4 is 5.96 Å². The van der Waals surface area contributed by atoms with Crippen LogP contribution in [-0.2, 0) is 11.2 Å². The highest BCUT2D eigenvalue weighted by Gasteiger charge is 2.36. The van der Waals surface area contributed by atoms with Gasteiger partial charge >= 0.3 is 0 Å². The maximum Gasteiger partial charge on any atom is 0.191 e. The molecule has 1 aromatic rings. The molecule has 1 aliphatic carbocycles. The van der Waals surface area contributed by atoms with Crippen LogP contribution in [0.3, 0.4) is 0 Å². The van der Waals surface area contributed by atoms with Crippen LogP contribution in [0.4, 0.5) is 4.39 Å². The molecule has 1 aliphatic rings. The van der Waals surface area contributed by atoms with E-state index in [-0.39, 0.29) is 5.82 Å². The second kappa shape index (κ2) is 9.76. The lowest BCUT2D eigenvalue weighted by atomic mass is 9.67. The summed E-state index contributed by atoms with van der Waals surface area (Å²) in [6.07, 6.45) is 5.72. The zero-order valence-corrected chi connectivity index (χ0v) is 15.8. The third-order valence-corrected chi connectivity index (χ3v) is 5.16. The topological polar surface area (TPSA) is 45.7 Å². The standard InChI is InChI=1S/C20H32FN3O/c1-4-22-19(24-15-20(9-5-10-20)11-13-25-3)23-12-8-17-6-7-18(21)14-16(17)2/h6-7,14H,4-5,8-13,15H2,1-3H3,(H2,22,23,24). The van der Waals surface area contributed by atoms with E-state index in [2.05, 4.69) is 17.6 Å². The molecule has 4 nitrogen and oxygen atoms in total. The van der Waals surface area contributed by atoms with Gasteiger partial charge in [-0.1, -0.05) is 12.5 Å². The number of aliphatic imine (C=N–C) groups is 1. The predicted molar refractivity (Wildman–Crippen MR) is 102 cm³/mol. The number of ether oxygens (including phenoxy) is 1. The van der Waals surface area contributed by atoms with Crippen LogP contribution in [0.15, 0.2) is 23.2 Å². The monoisotopic (exact) mass is 349 g/mol. The molecule has 0 radical (unpaired) electrons. The summed E-state index contributed by atoms with van der Waals surface area (Å²) in [7, 11) is 1.76. The Morgan fingerprint density at radius 3 is 2.72 bits per heavy atom. The Morgan fingerprint density at radius 1 is 1.32 bits per heavy atom. The fourth-order valence-electron chi connectivity index (χ4n) is 3.33. The maximum atomic E-state index is 13.2. The molecular weight excluding hydrogens is 317 g/mol. The molecule has 0 bridgehead atoms. The first kappa shape index (κ1) is 19.7. The van der Waals surface area contributed by atoms with Crippen LogP contribution in [0.5, 0.6) is 0 Å². The number of rotatable bonds is 9. The van der Waals surface area contributed by atoms with Crippen molar-refractivity contribution in [2.24, 2.45) is 10.4 Å². The minimum Gasteiger partial charge on any atom is -0.385 e. The van der Waals surface area contributed by atoms with Gasteiger partial charge in [0.05, 0.1) is 0 Å². The molecule has 1 saturated carbocycles. The molecule has 0 atom stereocenters. The van der Waals surface area contributed by atoms with Gasteiger partial charge in [0.2, 0.25) is 0 Å². The molecule has 0 saturated heterocycles. The minimum atomic E-state index is -0.175. The van der Waals surface area contributed by atoms with E-state index in [0.717, 1.165) is 50.6 Å². The van der Waals surface area contributed by atoms with Crippen LogP contribution >= 0.6 is 0 Å². The first-order valence-corrected chi connectivity index (χ1v) is 9.35. The second-order valence-corrected chi connectivity index (χ2v) is 7.04. The predicted octanol–water partition coefficient (Wildman–Crippen LogP) is 3.44. The molecule has 1 fully saturated rings. The van der Waals surface area contributed by atoms with Crippen LogP contribution in [0.25, 0.3) is 0 Å². The van der Waals surface area contributed by atoms with Crippen molar-refractivity contribution < 1.29 is 9.13 Å². The van der Waals surface area contributed by atoms with E-state index in [4.69, 9.17) is 9.73 Å². The quantitative estimate of drug-likeness (QED) is 0.530. The Hall–Kier alpha value is -1.62. The molecule has 1 aromatic carbocycles. The summed E-state index contributed by atoms with van der Waals surface area (Å²) in [5, 5.41) is 6.72. The van der Waals surface area contributed by atoms with E-state index in [1.807, 2.05) is 13.0 Å². The van der Waals surface area contributed by atoms with Crippen molar-refractivity contribution in [3.05, 3.63) is 35.1 Å². The van der Waals surface area contributed by atoms with Crippen molar-refractivity contribution in [1.29, 1.82) is 0 Å². The number of hydrogen-bond donors (Lipinski definition) is 2. The van der Waals surface area contributed by atoms with Crippen LogP contribution in [0.1, 0.15) is 43.7 Å². The number of guanidine groups is 1. The summed E-state index contributed by atoms with van der Waals surface area (Å²) < 4.78 is 18.4. The van der Waals surface area contributed by atoms with Gasteiger partial charge in [-0.3, -0.25) is 4.99 Å². The van der Waals surface area contributed by atoms with Crippen LogP contribution in [0.2, 0.25) is 0 Å². The summed E-state index contributed by atoms with van der Waals surface area (Å²) in [4.78, 5) is 4.81. The summed E-state index contributed by atoms with van der Waals surface area (Å²) in [5.74, 6) is 0.692. The zero-order valence-electron chi connectivity index (χ0n) is 15.8. The average molecular weight is 349 g/mol. The molecule has 0 spiro atoms. The SMILES string of the molecule is CCNC(=NCC1(CCOC)CCC1)NCCc1ccc(F)cc1C. The highest BCUT2D eigenvalue weighted by Crippen LogP contribution is 2.44. The Morgan fingerprint density at radius 2 is 2.12 bits per heavy atom. The first-order chi connectivity index (χ1) is 12.1. The van der Waals surface area contributed by atoms with E-state index < -0.39 is 0 Å². The number of methoxy groups -OCH3 is 1. The van der Waals surface area contributed by atoms with Gasteiger partial charge in [-0.2, -0.15) is 0 Å². The normalized spacial score (nSPS) is 16.4. The third kappa shape index (κ3) is 5.99. The lowest BCUT2D eigenvalue weighted by Crippen LogP contribution is -2.41. The molecule has 0 heterocycles. The Kier molecular flexibility index (Phi) is 7.69. The molecule has 25 heavy (non-hydrogen) atoms. The van der Waals surface area contributed by atoms with E-state index in [0.29, 0.717) is 5.41 Å². The number of nitrogens with zero attached hydrogens (tertiary/aromatic N) is 1. The number of aryl methyl sites for hydroxylation is 1. The maximum absolute atomic E-state index is 13.2. The van der Waals surface area contributed by atoms with Crippen molar-refractivity contribution in [3.8, 4) is 0 Å². The van der Waals surface area contributed by atoms with Gasteiger partial charge in [0, 0.05) is 33.4 Å². The smallest absolute Gasteiger partial charge is 0.191 e. The van der Waals surface area contributed by atoms with Crippen molar-refractivity contribution in [2.75, 3.05) is 33.4 Å². The van der Waals surface area contributed by atoms with E-state index in [9.17, 15) is 4.39 Å². The molecular formula is C20H32FN3O. The van der Waals surface area contributed by atoms with Gasteiger partial charge in [0.1, 0.15) is 5.82 Å². The zero-order chi connectivity index (χ0) is 18.1. The Balaban J connectivity index is 1.86. The molecule has 140 valence electrons. The van der Waals surface area contributed by atoms with E-state index in [1.54, 1.807) is 13.2 Å². The molecule has 2 rings (SSSR count). The van der Waals surface area contributed by atoms with Gasteiger partial charge < -0.3 is 15.4 Å². The molecule has 0 unspecified atom stereocenters. The summed E-state index contributed by atoms with van der Waals surface area (Å²) in [5.41, 5.74) is 2.49. The van der Waals surface area contributed by atoms with Gasteiger partial charge in [0.25, 0.3) is 0 Å². The van der Waals surface area contributed by atoms with Crippen LogP contribution in [-0.4, -0.2) is 39.3 Å². The number of nitrogens with one attached hydrogen (secondary N) is 2. The van der Waals surface area contributed by atoms with Crippen molar-refractivity contribution in [2.45, 2.75) is 46.0 Å². The van der Waals surface area contributed by atoms with Gasteiger partial charge in [-0.15, -0.1) is 0 Å². The largest absolute Gasteiger partial charge is 0.385 e. The van der Waals surface area contributed by atoms with Crippen LogP contribution < -0.4 is 10.6 Å². The summed E-state index contributed by atoms with van der Waals surface area (Å²) >= 11 is 0. The van der Waals surface area contributed by atoms with Crippen LogP contribution in [0, 0.1) is 18.2 Å². The summed E-state index contributed by atoms with van der Waals surface area (Å²) in [6, 6.07) is 4.98. The van der Waals surface area contributed by atoms with Gasteiger partial charge in [0.15, 0.2) is 5.96 Å². The Labute approximate surface area is 151 Å². The van der Waals surface area contributed by atoms with E-state index in [1.165, 1.54) is 30.9 Å². The van der Waals surface area contributed by atoms with Crippen molar-refractivity contribution in [3.63, 3.8) is 0 Å². The summed E-state index contributed by atoms with van der Waals surface area (Å²) in [6.45, 7) is 7.31. The lowest BCUT2D eigenvalue weighted by Gasteiger charge is -2.40. The molecule has 5 heteroatoms. The lowest BCUT2D eigenvalue weighted by molar-refractivity contribution is 0.0778. The minimum absolute atomic E-state index is 0.175. The molecule has 0 amide bonds. The number of halogens is 1. The van der Waals surface area contributed by atoms with Gasteiger partial charge in [-0.05, 0) is 68.2 Å². The first-order valence-electron chi connectivity index (χ1n) is 9.35. The number of hydrogen-bond acceptors (Lipinski definition) is 2. The fourth-order valence-corrected chi connectivity index (χ4v) is 3.33. The number of benzene rings is 1. The molecule has 0 aromatic heterocycles. The van der Waals surface area contributed by atoms with Gasteiger partial charge in [-0.25, -0.2) is 4.39 Å². The fraction of sp³-hybridized carbons (Fsp3) is 0.650. The molecule has 2 N–H and O–H groups in total. The second-order valence-electron chi connectivity index (χ2n) is 7.04. The molecule has 0 aliphatic heterocycles. The Bertz CT molecular complexity index is 570. The highest BCUT2D eigenvalue weighted by molar-refractivity contribution is 5.79. The highest BCUT2D eigenvalue weighted by atomic mass is 19.1. The average Bonchev–Trinajstić information content (AvgIpc) is 2.55. The van der Waals surface area contributed by atoms with Crippen molar-refractivity contribution in [1.82, 2.24) is 10.6 Å². The van der Waals surface area contributed by atoms with E-state index >= 15 is 0 Å². The third-order valence-electron chi connectivity index (χ3n) is 5.16.